The van der Waals surface area contributed by atoms with E-state index >= 15 is 0 Å². The number of halogens is 6. The SMILES string of the molecule is C=C(CC(N)Cc1cc(F)c(F)cc1F)C1CCn2c(nnc2C(F)(F)F)C1. The lowest BCUT2D eigenvalue weighted by atomic mass is 9.86. The fourth-order valence-corrected chi connectivity index (χ4v) is 3.47. The Morgan fingerprint density at radius 3 is 2.54 bits per heavy atom. The zero-order valence-electron chi connectivity index (χ0n) is 14.7. The Balaban J connectivity index is 1.63. The van der Waals surface area contributed by atoms with E-state index in [0.29, 0.717) is 18.1 Å². The second-order valence-corrected chi connectivity index (χ2v) is 6.96. The highest BCUT2D eigenvalue weighted by molar-refractivity contribution is 5.22. The van der Waals surface area contributed by atoms with Gasteiger partial charge in [0.1, 0.15) is 11.6 Å². The molecule has 0 aliphatic carbocycles. The fraction of sp³-hybridized carbons (Fsp3) is 0.444. The van der Waals surface area contributed by atoms with Crippen LogP contribution in [0.4, 0.5) is 26.3 Å². The number of alkyl halides is 3. The molecule has 3 rings (SSSR count). The van der Waals surface area contributed by atoms with Crippen molar-refractivity contribution in [2.24, 2.45) is 11.7 Å². The van der Waals surface area contributed by atoms with E-state index in [4.69, 9.17) is 5.73 Å². The normalized spacial score (nSPS) is 18.0. The van der Waals surface area contributed by atoms with E-state index in [-0.39, 0.29) is 43.1 Å². The molecule has 10 heteroatoms. The average molecular weight is 404 g/mol. The lowest BCUT2D eigenvalue weighted by Crippen LogP contribution is -2.29. The molecule has 2 heterocycles. The summed E-state index contributed by atoms with van der Waals surface area (Å²) in [5, 5.41) is 6.86. The van der Waals surface area contributed by atoms with Gasteiger partial charge in [-0.2, -0.15) is 13.2 Å². The van der Waals surface area contributed by atoms with Crippen LogP contribution in [0, 0.1) is 23.4 Å². The third-order valence-electron chi connectivity index (χ3n) is 4.88. The quantitative estimate of drug-likeness (QED) is 0.469. The Morgan fingerprint density at radius 2 is 1.86 bits per heavy atom. The first kappa shape index (κ1) is 20.4. The first-order chi connectivity index (χ1) is 13.1. The first-order valence-electron chi connectivity index (χ1n) is 8.62. The summed E-state index contributed by atoms with van der Waals surface area (Å²) in [6.45, 7) is 4.06. The largest absolute Gasteiger partial charge is 0.451 e. The van der Waals surface area contributed by atoms with Crippen LogP contribution in [0.5, 0.6) is 0 Å². The predicted octanol–water partition coefficient (Wildman–Crippen LogP) is 3.79. The molecule has 4 nitrogen and oxygen atoms in total. The van der Waals surface area contributed by atoms with Crippen LogP contribution >= 0.6 is 0 Å². The van der Waals surface area contributed by atoms with Crippen LogP contribution in [0.2, 0.25) is 0 Å². The van der Waals surface area contributed by atoms with Crippen molar-refractivity contribution in [2.45, 2.75) is 44.4 Å². The molecule has 152 valence electrons. The Kier molecular flexibility index (Phi) is 5.51. The van der Waals surface area contributed by atoms with Crippen LogP contribution < -0.4 is 5.73 Å². The number of nitrogens with zero attached hydrogens (tertiary/aromatic N) is 3. The summed E-state index contributed by atoms with van der Waals surface area (Å²) in [6, 6.07) is 0.644. The molecule has 2 atom stereocenters. The molecule has 0 saturated carbocycles. The van der Waals surface area contributed by atoms with E-state index < -0.39 is 35.5 Å². The third kappa shape index (κ3) is 4.21. The van der Waals surface area contributed by atoms with Crippen LogP contribution in [0.15, 0.2) is 24.3 Å². The highest BCUT2D eigenvalue weighted by Crippen LogP contribution is 2.33. The Morgan fingerprint density at radius 1 is 1.18 bits per heavy atom. The second-order valence-electron chi connectivity index (χ2n) is 6.96. The van der Waals surface area contributed by atoms with Crippen molar-refractivity contribution in [3.05, 3.63) is 58.9 Å². The number of aromatic nitrogens is 3. The molecule has 2 aromatic rings. The minimum atomic E-state index is -4.56. The molecule has 1 aromatic heterocycles. The molecule has 1 aromatic carbocycles. The zero-order valence-corrected chi connectivity index (χ0v) is 14.7. The molecule has 1 aliphatic heterocycles. The molecule has 0 saturated heterocycles. The van der Waals surface area contributed by atoms with E-state index in [1.165, 1.54) is 0 Å². The Bertz CT molecular complexity index is 889. The van der Waals surface area contributed by atoms with Crippen LogP contribution in [-0.4, -0.2) is 20.8 Å². The minimum Gasteiger partial charge on any atom is -0.327 e. The zero-order chi connectivity index (χ0) is 20.6. The van der Waals surface area contributed by atoms with Gasteiger partial charge >= 0.3 is 6.18 Å². The van der Waals surface area contributed by atoms with Gasteiger partial charge in [-0.05, 0) is 36.8 Å². The maximum atomic E-state index is 13.8. The van der Waals surface area contributed by atoms with Gasteiger partial charge in [0.05, 0.1) is 0 Å². The van der Waals surface area contributed by atoms with Gasteiger partial charge < -0.3 is 10.3 Å². The standard InChI is InChI=1S/C18H18F6N4/c1-9(4-12(25)5-11-6-14(20)15(21)8-13(11)19)10-2-3-28-16(7-10)26-27-17(28)18(22,23)24/h6,8,10,12H,1-5,7,25H2. The van der Waals surface area contributed by atoms with Crippen molar-refractivity contribution in [2.75, 3.05) is 0 Å². The molecule has 0 amide bonds. The molecule has 28 heavy (non-hydrogen) atoms. The molecule has 2 unspecified atom stereocenters. The van der Waals surface area contributed by atoms with Crippen molar-refractivity contribution >= 4 is 0 Å². The van der Waals surface area contributed by atoms with Crippen molar-refractivity contribution in [1.29, 1.82) is 0 Å². The molecule has 0 bridgehead atoms. The van der Waals surface area contributed by atoms with Gasteiger partial charge in [-0.1, -0.05) is 12.2 Å². The van der Waals surface area contributed by atoms with Crippen LogP contribution in [-0.2, 0) is 25.6 Å². The Labute approximate surface area is 157 Å². The van der Waals surface area contributed by atoms with Gasteiger partial charge in [0.15, 0.2) is 11.6 Å². The summed E-state index contributed by atoms with van der Waals surface area (Å²) in [6.07, 6.45) is -3.66. The summed E-state index contributed by atoms with van der Waals surface area (Å²) in [7, 11) is 0. The average Bonchev–Trinajstić information content (AvgIpc) is 3.03. The van der Waals surface area contributed by atoms with Crippen LogP contribution in [0.1, 0.15) is 30.1 Å². The number of rotatable bonds is 5. The Hall–Kier alpha value is -2.36. The number of benzene rings is 1. The molecular formula is C18H18F6N4. The van der Waals surface area contributed by atoms with E-state index in [1.54, 1.807) is 0 Å². The van der Waals surface area contributed by atoms with E-state index in [9.17, 15) is 26.3 Å². The minimum absolute atomic E-state index is 0.0246. The van der Waals surface area contributed by atoms with Gasteiger partial charge in [0.2, 0.25) is 5.82 Å². The summed E-state index contributed by atoms with van der Waals surface area (Å²) in [5.41, 5.74) is 6.65. The second kappa shape index (κ2) is 7.57. The number of hydrogen-bond donors (Lipinski definition) is 1. The maximum Gasteiger partial charge on any atom is 0.451 e. The highest BCUT2D eigenvalue weighted by atomic mass is 19.4. The van der Waals surface area contributed by atoms with Gasteiger partial charge in [0, 0.05) is 25.1 Å². The smallest absolute Gasteiger partial charge is 0.327 e. The fourth-order valence-electron chi connectivity index (χ4n) is 3.47. The van der Waals surface area contributed by atoms with Crippen molar-refractivity contribution in [3.8, 4) is 0 Å². The van der Waals surface area contributed by atoms with E-state index in [2.05, 4.69) is 16.8 Å². The van der Waals surface area contributed by atoms with Crippen LogP contribution in [0.25, 0.3) is 0 Å². The molecular weight excluding hydrogens is 386 g/mol. The van der Waals surface area contributed by atoms with Gasteiger partial charge in [-0.25, -0.2) is 13.2 Å². The lowest BCUT2D eigenvalue weighted by molar-refractivity contribution is -0.147. The van der Waals surface area contributed by atoms with Crippen molar-refractivity contribution in [1.82, 2.24) is 14.8 Å². The van der Waals surface area contributed by atoms with Gasteiger partial charge in [-0.3, -0.25) is 0 Å². The highest BCUT2D eigenvalue weighted by Gasteiger charge is 2.39. The molecule has 0 fully saturated rings. The molecule has 1 aliphatic rings. The lowest BCUT2D eigenvalue weighted by Gasteiger charge is -2.27. The van der Waals surface area contributed by atoms with Gasteiger partial charge in [-0.15, -0.1) is 10.2 Å². The molecule has 2 N–H and O–H groups in total. The summed E-state index contributed by atoms with van der Waals surface area (Å²) >= 11 is 0. The predicted molar refractivity (Wildman–Crippen MR) is 88.6 cm³/mol. The summed E-state index contributed by atoms with van der Waals surface area (Å²) in [4.78, 5) is 0. The summed E-state index contributed by atoms with van der Waals surface area (Å²) in [5.74, 6) is -4.25. The number of nitrogens with two attached hydrogens (primary N) is 1. The summed E-state index contributed by atoms with van der Waals surface area (Å²) < 4.78 is 79.8. The molecule has 0 radical (unpaired) electrons. The van der Waals surface area contributed by atoms with Crippen LogP contribution in [0.3, 0.4) is 0 Å². The molecule has 0 spiro atoms. The topological polar surface area (TPSA) is 56.7 Å². The number of fused-ring (bicyclic) bond motifs is 1. The van der Waals surface area contributed by atoms with E-state index in [0.717, 1.165) is 10.6 Å². The van der Waals surface area contributed by atoms with E-state index in [1.807, 2.05) is 0 Å². The van der Waals surface area contributed by atoms with Crippen molar-refractivity contribution < 1.29 is 26.3 Å². The maximum absolute atomic E-state index is 13.8. The number of hydrogen-bond acceptors (Lipinski definition) is 3. The first-order valence-corrected chi connectivity index (χ1v) is 8.62. The third-order valence-corrected chi connectivity index (χ3v) is 4.88. The van der Waals surface area contributed by atoms with Crippen molar-refractivity contribution in [3.63, 3.8) is 0 Å². The monoisotopic (exact) mass is 404 g/mol. The van der Waals surface area contributed by atoms with Gasteiger partial charge in [0.25, 0.3) is 0 Å².